The lowest BCUT2D eigenvalue weighted by Gasteiger charge is -2.06. The van der Waals surface area contributed by atoms with Crippen LogP contribution in [0.15, 0.2) is 24.3 Å². The fourth-order valence-electron chi connectivity index (χ4n) is 1.34. The maximum atomic E-state index is 13.5. The Kier molecular flexibility index (Phi) is 6.64. The first kappa shape index (κ1) is 16.6. The molecule has 108 valence electrons. The summed E-state index contributed by atoms with van der Waals surface area (Å²) in [6.07, 6.45) is 2.71. The summed E-state index contributed by atoms with van der Waals surface area (Å²) in [5, 5.41) is 1.83. The lowest BCUT2D eigenvalue weighted by Crippen LogP contribution is -2.32. The second kappa shape index (κ2) is 7.99. The molecule has 1 amide bonds. The summed E-state index contributed by atoms with van der Waals surface area (Å²) in [6.45, 7) is 0.195. The molecule has 0 radical (unpaired) electrons. The van der Waals surface area contributed by atoms with Crippen LogP contribution in [0, 0.1) is 5.82 Å². The Morgan fingerprint density at radius 1 is 1.45 bits per heavy atom. The zero-order chi connectivity index (χ0) is 15.1. The summed E-state index contributed by atoms with van der Waals surface area (Å²) in [5.74, 6) is -1.02. The van der Waals surface area contributed by atoms with Crippen LogP contribution in [-0.4, -0.2) is 23.7 Å². The van der Waals surface area contributed by atoms with Gasteiger partial charge in [0.2, 0.25) is 11.1 Å². The third-order valence-electron chi connectivity index (χ3n) is 2.44. The van der Waals surface area contributed by atoms with E-state index in [0.29, 0.717) is 0 Å². The van der Waals surface area contributed by atoms with Gasteiger partial charge in [-0.3, -0.25) is 9.59 Å². The van der Waals surface area contributed by atoms with E-state index < -0.39 is 23.0 Å². The molecule has 1 aromatic rings. The Bertz CT molecular complexity index is 535. The molecule has 0 saturated carbocycles. The van der Waals surface area contributed by atoms with Gasteiger partial charge in [-0.1, -0.05) is 23.7 Å². The van der Waals surface area contributed by atoms with Crippen molar-refractivity contribution < 1.29 is 14.0 Å². The first-order chi connectivity index (χ1) is 9.41. The minimum absolute atomic E-state index is 0.0147. The Morgan fingerprint density at radius 3 is 2.80 bits per heavy atom. The smallest absolute Gasteiger partial charge is 0.244 e. The van der Waals surface area contributed by atoms with E-state index >= 15 is 0 Å². The second-order valence-electron chi connectivity index (χ2n) is 3.97. The summed E-state index contributed by atoms with van der Waals surface area (Å²) in [5.41, 5.74) is 5.60. The summed E-state index contributed by atoms with van der Waals surface area (Å²) in [4.78, 5) is 22.1. The van der Waals surface area contributed by atoms with Crippen molar-refractivity contribution in [2.24, 2.45) is 5.73 Å². The van der Waals surface area contributed by atoms with Gasteiger partial charge in [-0.25, -0.2) is 4.39 Å². The molecule has 0 heterocycles. The van der Waals surface area contributed by atoms with Gasteiger partial charge in [0.1, 0.15) is 5.82 Å². The maximum absolute atomic E-state index is 13.5. The molecule has 4 nitrogen and oxygen atoms in total. The predicted octanol–water partition coefficient (Wildman–Crippen LogP) is 2.09. The highest BCUT2D eigenvalue weighted by molar-refractivity contribution is 6.64. The van der Waals surface area contributed by atoms with Gasteiger partial charge in [0.05, 0.1) is 11.1 Å². The molecular weight excluding hydrogens is 306 g/mol. The van der Waals surface area contributed by atoms with Crippen molar-refractivity contribution in [2.45, 2.75) is 12.5 Å². The Morgan fingerprint density at radius 2 is 2.15 bits per heavy atom. The highest BCUT2D eigenvalue weighted by atomic mass is 35.5. The largest absolute Gasteiger partial charge is 0.352 e. The topological polar surface area (TPSA) is 72.2 Å². The molecule has 1 atom stereocenters. The molecule has 0 aliphatic carbocycles. The van der Waals surface area contributed by atoms with E-state index in [1.54, 1.807) is 6.07 Å². The average molecular weight is 319 g/mol. The fraction of sp³-hybridized carbons (Fsp3) is 0.231. The van der Waals surface area contributed by atoms with Crippen molar-refractivity contribution in [1.82, 2.24) is 5.32 Å². The molecule has 0 saturated heterocycles. The molecule has 1 aromatic carbocycles. The number of halogens is 3. The van der Waals surface area contributed by atoms with Crippen molar-refractivity contribution >= 4 is 40.4 Å². The number of amides is 1. The summed E-state index contributed by atoms with van der Waals surface area (Å²) in [6, 6.07) is 3.67. The molecule has 0 aliphatic rings. The van der Waals surface area contributed by atoms with E-state index in [1.807, 2.05) is 0 Å². The molecule has 7 heteroatoms. The lowest BCUT2D eigenvalue weighted by molar-refractivity contribution is -0.117. The minimum Gasteiger partial charge on any atom is -0.352 e. The van der Waals surface area contributed by atoms with Gasteiger partial charge in [-0.2, -0.15) is 0 Å². The standard InChI is InChI=1S/C13H13Cl2FN2O2/c14-9-3-1-2-8(12(9)16)4-5-11(19)18-7-6-10(17)13(15)20/h1-5,10H,6-7,17H2,(H,18,19)/b5-4+/t10-/m0/s1. The number of benzene rings is 1. The van der Waals surface area contributed by atoms with Gasteiger partial charge in [0.25, 0.3) is 0 Å². The van der Waals surface area contributed by atoms with Crippen LogP contribution in [0.5, 0.6) is 0 Å². The van der Waals surface area contributed by atoms with Crippen LogP contribution < -0.4 is 11.1 Å². The SMILES string of the molecule is N[C@@H](CCNC(=O)/C=C/c1cccc(Cl)c1F)C(=O)Cl. The lowest BCUT2D eigenvalue weighted by atomic mass is 10.2. The van der Waals surface area contributed by atoms with Gasteiger partial charge >= 0.3 is 0 Å². The van der Waals surface area contributed by atoms with Crippen molar-refractivity contribution in [2.75, 3.05) is 6.54 Å². The predicted molar refractivity (Wildman–Crippen MR) is 76.9 cm³/mol. The molecular formula is C13H13Cl2FN2O2. The number of carbonyl (C=O) groups excluding carboxylic acids is 2. The van der Waals surface area contributed by atoms with Gasteiger partial charge in [-0.15, -0.1) is 0 Å². The molecule has 20 heavy (non-hydrogen) atoms. The summed E-state index contributed by atoms with van der Waals surface area (Å²) >= 11 is 10.8. The van der Waals surface area contributed by atoms with Crippen LogP contribution >= 0.6 is 23.2 Å². The van der Waals surface area contributed by atoms with Crippen LogP contribution in [0.1, 0.15) is 12.0 Å². The van der Waals surface area contributed by atoms with Gasteiger partial charge < -0.3 is 11.1 Å². The van der Waals surface area contributed by atoms with Crippen molar-refractivity contribution in [3.63, 3.8) is 0 Å². The third kappa shape index (κ3) is 5.28. The molecule has 0 bridgehead atoms. The van der Waals surface area contributed by atoms with E-state index in [1.165, 1.54) is 24.3 Å². The zero-order valence-corrected chi connectivity index (χ0v) is 11.9. The number of hydrogen-bond donors (Lipinski definition) is 2. The van der Waals surface area contributed by atoms with E-state index in [4.69, 9.17) is 28.9 Å². The molecule has 0 unspecified atom stereocenters. The molecule has 0 aromatic heterocycles. The second-order valence-corrected chi connectivity index (χ2v) is 4.75. The van der Waals surface area contributed by atoms with Gasteiger partial charge in [0.15, 0.2) is 0 Å². The highest BCUT2D eigenvalue weighted by Crippen LogP contribution is 2.18. The van der Waals surface area contributed by atoms with Gasteiger partial charge in [0, 0.05) is 18.2 Å². The van der Waals surface area contributed by atoms with Crippen LogP contribution in [-0.2, 0) is 9.59 Å². The Balaban J connectivity index is 2.48. The van der Waals surface area contributed by atoms with Crippen LogP contribution in [0.4, 0.5) is 4.39 Å². The maximum Gasteiger partial charge on any atom is 0.244 e. The number of nitrogens with two attached hydrogens (primary N) is 1. The molecule has 0 aliphatic heterocycles. The Labute approximate surface area is 125 Å². The minimum atomic E-state index is -0.814. The van der Waals surface area contributed by atoms with E-state index in [0.717, 1.165) is 0 Å². The number of nitrogens with one attached hydrogen (secondary N) is 1. The Hall–Kier alpha value is -1.43. The van der Waals surface area contributed by atoms with Gasteiger partial charge in [-0.05, 0) is 30.2 Å². The zero-order valence-electron chi connectivity index (χ0n) is 10.4. The molecule has 3 N–H and O–H groups in total. The van der Waals surface area contributed by atoms with Crippen molar-refractivity contribution in [1.29, 1.82) is 0 Å². The van der Waals surface area contributed by atoms with Crippen LogP contribution in [0.25, 0.3) is 6.08 Å². The number of hydrogen-bond acceptors (Lipinski definition) is 3. The normalized spacial score (nSPS) is 12.4. The van der Waals surface area contributed by atoms with Crippen LogP contribution in [0.3, 0.4) is 0 Å². The highest BCUT2D eigenvalue weighted by Gasteiger charge is 2.09. The van der Waals surface area contributed by atoms with E-state index in [9.17, 15) is 14.0 Å². The molecule has 1 rings (SSSR count). The first-order valence-electron chi connectivity index (χ1n) is 5.76. The summed E-state index contributed by atoms with van der Waals surface area (Å²) < 4.78 is 13.5. The monoisotopic (exact) mass is 318 g/mol. The average Bonchev–Trinajstić information content (AvgIpc) is 2.40. The van der Waals surface area contributed by atoms with Crippen molar-refractivity contribution in [3.8, 4) is 0 Å². The first-order valence-corrected chi connectivity index (χ1v) is 6.52. The van der Waals surface area contributed by atoms with E-state index in [2.05, 4.69) is 5.32 Å². The molecule has 0 spiro atoms. The molecule has 0 fully saturated rings. The number of carbonyl (C=O) groups is 2. The van der Waals surface area contributed by atoms with Crippen molar-refractivity contribution in [3.05, 3.63) is 40.7 Å². The fourth-order valence-corrected chi connectivity index (χ4v) is 1.63. The quantitative estimate of drug-likeness (QED) is 0.623. The number of rotatable bonds is 6. The van der Waals surface area contributed by atoms with E-state index in [-0.39, 0.29) is 23.6 Å². The summed E-state index contributed by atoms with van der Waals surface area (Å²) in [7, 11) is 0. The van der Waals surface area contributed by atoms with Crippen LogP contribution in [0.2, 0.25) is 5.02 Å². The third-order valence-corrected chi connectivity index (χ3v) is 3.01.